The maximum absolute atomic E-state index is 3.64. The van der Waals surface area contributed by atoms with Crippen molar-refractivity contribution in [3.63, 3.8) is 0 Å². The quantitative estimate of drug-likeness (QED) is 0.785. The van der Waals surface area contributed by atoms with Crippen molar-refractivity contribution < 1.29 is 0 Å². The van der Waals surface area contributed by atoms with Gasteiger partial charge in [0.05, 0.1) is 6.04 Å². The smallest absolute Gasteiger partial charge is 0.0504 e. The van der Waals surface area contributed by atoms with Gasteiger partial charge in [-0.15, -0.1) is 0 Å². The highest BCUT2D eigenvalue weighted by Crippen LogP contribution is 2.42. The van der Waals surface area contributed by atoms with E-state index in [1.54, 1.807) is 11.3 Å². The average Bonchev–Trinajstić information content (AvgIpc) is 2.78. The molecule has 1 atom stereocenters. The molecule has 106 valence electrons. The fourth-order valence-electron chi connectivity index (χ4n) is 4.20. The van der Waals surface area contributed by atoms with Crippen molar-refractivity contribution in [2.75, 3.05) is 13.1 Å². The Labute approximate surface area is 128 Å². The molecule has 0 saturated heterocycles. The van der Waals surface area contributed by atoms with Gasteiger partial charge in [-0.25, -0.2) is 0 Å². The first kappa shape index (κ1) is 12.9. The van der Waals surface area contributed by atoms with Crippen LogP contribution in [0.4, 0.5) is 0 Å². The summed E-state index contributed by atoms with van der Waals surface area (Å²) in [7, 11) is 0. The maximum Gasteiger partial charge on any atom is 0.0504 e. The van der Waals surface area contributed by atoms with Gasteiger partial charge < -0.3 is 4.57 Å². The summed E-state index contributed by atoms with van der Waals surface area (Å²) >= 11 is 3.64. The van der Waals surface area contributed by atoms with E-state index in [4.69, 9.17) is 0 Å². The zero-order valence-corrected chi connectivity index (χ0v) is 13.6. The molecule has 1 aromatic carbocycles. The predicted molar refractivity (Wildman–Crippen MR) is 87.2 cm³/mol. The lowest BCUT2D eigenvalue weighted by molar-refractivity contribution is 0.141. The van der Waals surface area contributed by atoms with Crippen LogP contribution in [0.1, 0.15) is 43.5 Å². The monoisotopic (exact) mass is 332 g/mol. The number of hydrogen-bond acceptors (Lipinski definition) is 1. The van der Waals surface area contributed by atoms with Crippen LogP contribution in [-0.2, 0) is 13.0 Å². The van der Waals surface area contributed by atoms with E-state index in [2.05, 4.69) is 50.5 Å². The van der Waals surface area contributed by atoms with E-state index in [0.717, 1.165) is 6.54 Å². The standard InChI is InChI=1S/C17H21BrN2/c1-2-8-19-9-10-20-15-7-6-12(18)11-14(15)13-4-3-5-16(19)17(13)20/h6-7,11,16H,2-5,8-10H2,1H3/t16-/m1/s1. The molecule has 0 bridgehead atoms. The third kappa shape index (κ3) is 1.79. The Bertz CT molecular complexity index is 659. The molecular formula is C17H21BrN2. The van der Waals surface area contributed by atoms with Crippen LogP contribution in [0, 0.1) is 0 Å². The van der Waals surface area contributed by atoms with Crippen LogP contribution in [0.3, 0.4) is 0 Å². The summed E-state index contributed by atoms with van der Waals surface area (Å²) in [6.07, 6.45) is 5.19. The molecule has 2 aromatic rings. The summed E-state index contributed by atoms with van der Waals surface area (Å²) in [6, 6.07) is 7.47. The lowest BCUT2D eigenvalue weighted by atomic mass is 9.89. The second-order valence-electron chi connectivity index (χ2n) is 6.12. The van der Waals surface area contributed by atoms with Crippen LogP contribution < -0.4 is 0 Å². The highest BCUT2D eigenvalue weighted by Gasteiger charge is 2.34. The van der Waals surface area contributed by atoms with Crippen molar-refractivity contribution in [3.05, 3.63) is 33.9 Å². The number of aromatic nitrogens is 1. The number of aryl methyl sites for hydroxylation is 1. The fourth-order valence-corrected chi connectivity index (χ4v) is 4.57. The highest BCUT2D eigenvalue weighted by molar-refractivity contribution is 9.10. The van der Waals surface area contributed by atoms with Crippen molar-refractivity contribution in [1.82, 2.24) is 9.47 Å². The van der Waals surface area contributed by atoms with Crippen molar-refractivity contribution in [3.8, 4) is 0 Å². The van der Waals surface area contributed by atoms with Crippen molar-refractivity contribution >= 4 is 26.8 Å². The van der Waals surface area contributed by atoms with Gasteiger partial charge in [-0.3, -0.25) is 4.90 Å². The largest absolute Gasteiger partial charge is 0.342 e. The summed E-state index contributed by atoms with van der Waals surface area (Å²) in [6.45, 7) is 5.91. The zero-order chi connectivity index (χ0) is 13.7. The minimum absolute atomic E-state index is 0.665. The number of hydrogen-bond donors (Lipinski definition) is 0. The molecule has 20 heavy (non-hydrogen) atoms. The summed E-state index contributed by atoms with van der Waals surface area (Å²) in [5, 5.41) is 1.48. The van der Waals surface area contributed by atoms with Gasteiger partial charge in [-0.2, -0.15) is 0 Å². The second kappa shape index (κ2) is 4.88. The molecule has 2 aliphatic rings. The normalized spacial score (nSPS) is 22.2. The molecule has 4 rings (SSSR count). The Morgan fingerprint density at radius 2 is 2.20 bits per heavy atom. The van der Waals surface area contributed by atoms with Crippen molar-refractivity contribution in [2.24, 2.45) is 0 Å². The maximum atomic E-state index is 3.64. The first-order valence-corrected chi connectivity index (χ1v) is 8.63. The van der Waals surface area contributed by atoms with Gasteiger partial charge in [0.1, 0.15) is 0 Å². The first-order valence-electron chi connectivity index (χ1n) is 7.84. The van der Waals surface area contributed by atoms with Gasteiger partial charge in [0.2, 0.25) is 0 Å². The van der Waals surface area contributed by atoms with E-state index < -0.39 is 0 Å². The number of rotatable bonds is 2. The molecule has 2 nitrogen and oxygen atoms in total. The molecule has 0 saturated carbocycles. The number of benzene rings is 1. The Morgan fingerprint density at radius 1 is 1.30 bits per heavy atom. The minimum Gasteiger partial charge on any atom is -0.342 e. The van der Waals surface area contributed by atoms with Crippen LogP contribution in [0.5, 0.6) is 0 Å². The molecule has 0 radical (unpaired) electrons. The fraction of sp³-hybridized carbons (Fsp3) is 0.529. The van der Waals surface area contributed by atoms with E-state index in [9.17, 15) is 0 Å². The molecule has 1 aromatic heterocycles. The van der Waals surface area contributed by atoms with Gasteiger partial charge in [-0.1, -0.05) is 22.9 Å². The van der Waals surface area contributed by atoms with Crippen LogP contribution in [0.2, 0.25) is 0 Å². The topological polar surface area (TPSA) is 8.17 Å². The van der Waals surface area contributed by atoms with Crippen LogP contribution in [0.25, 0.3) is 10.9 Å². The molecule has 0 unspecified atom stereocenters. The molecule has 3 heteroatoms. The summed E-state index contributed by atoms with van der Waals surface area (Å²) in [4.78, 5) is 2.71. The Balaban J connectivity index is 1.93. The Hall–Kier alpha value is -0.800. The molecule has 0 spiro atoms. The third-order valence-corrected chi connectivity index (χ3v) is 5.45. The number of nitrogens with zero attached hydrogens (tertiary/aromatic N) is 2. The van der Waals surface area contributed by atoms with Gasteiger partial charge in [0.25, 0.3) is 0 Å². The van der Waals surface area contributed by atoms with Gasteiger partial charge >= 0.3 is 0 Å². The minimum atomic E-state index is 0.665. The molecule has 1 aliphatic heterocycles. The van der Waals surface area contributed by atoms with Crippen molar-refractivity contribution in [1.29, 1.82) is 0 Å². The summed E-state index contributed by atoms with van der Waals surface area (Å²) in [5.41, 5.74) is 4.70. The molecule has 0 fully saturated rings. The summed E-state index contributed by atoms with van der Waals surface area (Å²) in [5.74, 6) is 0. The summed E-state index contributed by atoms with van der Waals surface area (Å²) < 4.78 is 3.81. The van der Waals surface area contributed by atoms with Gasteiger partial charge in [-0.05, 0) is 56.0 Å². The Morgan fingerprint density at radius 3 is 3.05 bits per heavy atom. The van der Waals surface area contributed by atoms with Crippen LogP contribution in [-0.4, -0.2) is 22.6 Å². The van der Waals surface area contributed by atoms with Crippen LogP contribution >= 0.6 is 15.9 Å². The third-order valence-electron chi connectivity index (χ3n) is 4.96. The van der Waals surface area contributed by atoms with Gasteiger partial charge in [0, 0.05) is 34.2 Å². The molecular weight excluding hydrogens is 312 g/mol. The van der Waals surface area contributed by atoms with Crippen LogP contribution in [0.15, 0.2) is 22.7 Å². The zero-order valence-electron chi connectivity index (χ0n) is 12.0. The average molecular weight is 333 g/mol. The van der Waals surface area contributed by atoms with E-state index in [-0.39, 0.29) is 0 Å². The van der Waals surface area contributed by atoms with E-state index in [1.165, 1.54) is 54.1 Å². The van der Waals surface area contributed by atoms with E-state index >= 15 is 0 Å². The number of halogens is 1. The van der Waals surface area contributed by atoms with Crippen molar-refractivity contribution in [2.45, 2.75) is 45.2 Å². The molecule has 2 heterocycles. The Kier molecular flexibility index (Phi) is 3.15. The highest BCUT2D eigenvalue weighted by atomic mass is 79.9. The predicted octanol–water partition coefficient (Wildman–Crippen LogP) is 4.51. The second-order valence-corrected chi connectivity index (χ2v) is 7.04. The SMILES string of the molecule is CCCN1CCn2c3c(c4cc(Br)ccc42)CCC[C@H]31. The lowest BCUT2D eigenvalue weighted by Crippen LogP contribution is -2.40. The molecule has 0 amide bonds. The molecule has 0 N–H and O–H groups in total. The molecule has 1 aliphatic carbocycles. The van der Waals surface area contributed by atoms with E-state index in [1.807, 2.05) is 0 Å². The van der Waals surface area contributed by atoms with E-state index in [0.29, 0.717) is 6.04 Å². The number of fused-ring (bicyclic) bond motifs is 3. The lowest BCUT2D eigenvalue weighted by Gasteiger charge is -2.39. The van der Waals surface area contributed by atoms with Gasteiger partial charge in [0.15, 0.2) is 0 Å². The first-order chi connectivity index (χ1) is 9.79.